The van der Waals surface area contributed by atoms with Gasteiger partial charge in [-0.15, -0.1) is 0 Å². The van der Waals surface area contributed by atoms with E-state index in [1.807, 2.05) is 23.1 Å². The highest BCUT2D eigenvalue weighted by molar-refractivity contribution is 5.98. The molecule has 0 spiro atoms. The number of guanidine groups is 1. The van der Waals surface area contributed by atoms with E-state index in [1.165, 1.54) is 5.56 Å². The number of piperazine rings is 1. The van der Waals surface area contributed by atoms with Crippen molar-refractivity contribution in [3.8, 4) is 5.75 Å². The molecule has 0 atom stereocenters. The maximum atomic E-state index is 12.9. The second kappa shape index (κ2) is 10.6. The van der Waals surface area contributed by atoms with Gasteiger partial charge >= 0.3 is 5.97 Å². The van der Waals surface area contributed by atoms with E-state index in [0.717, 1.165) is 19.6 Å². The molecule has 8 nitrogen and oxygen atoms in total. The summed E-state index contributed by atoms with van der Waals surface area (Å²) in [5, 5.41) is 0. The van der Waals surface area contributed by atoms with E-state index < -0.39 is 5.97 Å². The number of carbonyl (C=O) groups is 2. The number of benzene rings is 3. The second-order valence-corrected chi connectivity index (χ2v) is 8.02. The fourth-order valence-corrected chi connectivity index (χ4v) is 3.84. The Morgan fingerprint density at radius 1 is 0.824 bits per heavy atom. The van der Waals surface area contributed by atoms with Crippen LogP contribution in [0.3, 0.4) is 0 Å². The van der Waals surface area contributed by atoms with Crippen LogP contribution in [0.5, 0.6) is 5.75 Å². The summed E-state index contributed by atoms with van der Waals surface area (Å²) in [6.07, 6.45) is 0. The number of nitrogens with two attached hydrogens (primary N) is 2. The molecule has 1 aliphatic heterocycles. The Morgan fingerprint density at radius 3 is 2.15 bits per heavy atom. The third-order valence-corrected chi connectivity index (χ3v) is 5.59. The van der Waals surface area contributed by atoms with Crippen molar-refractivity contribution >= 4 is 23.5 Å². The fourth-order valence-electron chi connectivity index (χ4n) is 3.84. The van der Waals surface area contributed by atoms with E-state index in [0.29, 0.717) is 30.1 Å². The van der Waals surface area contributed by atoms with Crippen molar-refractivity contribution in [1.29, 1.82) is 0 Å². The Bertz CT molecular complexity index is 1170. The van der Waals surface area contributed by atoms with Gasteiger partial charge in [-0.3, -0.25) is 9.69 Å². The van der Waals surface area contributed by atoms with Gasteiger partial charge in [0.25, 0.3) is 5.91 Å². The number of aliphatic imine (C=N–C) groups is 1. The summed E-state index contributed by atoms with van der Waals surface area (Å²) in [5.74, 6) is -0.442. The zero-order valence-electron chi connectivity index (χ0n) is 18.8. The first-order valence-corrected chi connectivity index (χ1v) is 11.1. The highest BCUT2D eigenvalue weighted by Gasteiger charge is 2.22. The molecule has 0 aromatic heterocycles. The zero-order valence-corrected chi connectivity index (χ0v) is 18.8. The normalized spacial score (nSPS) is 13.8. The molecule has 1 fully saturated rings. The van der Waals surface area contributed by atoms with Gasteiger partial charge in [0.2, 0.25) is 0 Å². The Kier molecular flexibility index (Phi) is 7.19. The molecular weight excluding hydrogens is 430 g/mol. The third kappa shape index (κ3) is 5.79. The maximum absolute atomic E-state index is 12.9. The van der Waals surface area contributed by atoms with Gasteiger partial charge in [-0.1, -0.05) is 42.5 Å². The van der Waals surface area contributed by atoms with Crippen molar-refractivity contribution in [2.45, 2.75) is 6.54 Å². The van der Waals surface area contributed by atoms with Crippen LogP contribution in [-0.4, -0.2) is 53.8 Å². The minimum Gasteiger partial charge on any atom is -0.423 e. The van der Waals surface area contributed by atoms with Gasteiger partial charge in [-0.2, -0.15) is 0 Å². The molecule has 0 aliphatic carbocycles. The molecule has 3 aromatic rings. The van der Waals surface area contributed by atoms with Crippen LogP contribution in [0.25, 0.3) is 0 Å². The second-order valence-electron chi connectivity index (χ2n) is 8.02. The molecule has 0 bridgehead atoms. The molecule has 0 unspecified atom stereocenters. The van der Waals surface area contributed by atoms with Crippen LogP contribution in [0.1, 0.15) is 26.3 Å². The van der Waals surface area contributed by atoms with Crippen molar-refractivity contribution in [2.75, 3.05) is 26.2 Å². The number of para-hydroxylation sites is 1. The number of esters is 1. The maximum Gasteiger partial charge on any atom is 0.345 e. The molecule has 1 saturated heterocycles. The summed E-state index contributed by atoms with van der Waals surface area (Å²) < 4.78 is 5.45. The first-order chi connectivity index (χ1) is 16.5. The molecule has 0 radical (unpaired) electrons. The monoisotopic (exact) mass is 457 g/mol. The molecule has 4 rings (SSSR count). The predicted octanol–water partition coefficient (Wildman–Crippen LogP) is 2.77. The number of hydrogen-bond donors (Lipinski definition) is 2. The molecule has 4 N–H and O–H groups in total. The Morgan fingerprint density at radius 2 is 1.47 bits per heavy atom. The Labute approximate surface area is 198 Å². The highest BCUT2D eigenvalue weighted by Crippen LogP contribution is 2.22. The summed E-state index contributed by atoms with van der Waals surface area (Å²) in [7, 11) is 0. The van der Waals surface area contributed by atoms with E-state index in [4.69, 9.17) is 16.2 Å². The van der Waals surface area contributed by atoms with Gasteiger partial charge in [0.05, 0.1) is 11.3 Å². The van der Waals surface area contributed by atoms with Crippen LogP contribution in [0, 0.1) is 0 Å². The number of nitrogens with zero attached hydrogens (tertiary/aromatic N) is 3. The summed E-state index contributed by atoms with van der Waals surface area (Å²) >= 11 is 0. The first kappa shape index (κ1) is 23.0. The minimum absolute atomic E-state index is 0.0321. The molecule has 8 heteroatoms. The molecule has 1 aliphatic rings. The van der Waals surface area contributed by atoms with Gasteiger partial charge in [-0.05, 0) is 42.0 Å². The quantitative estimate of drug-likeness (QED) is 0.255. The average molecular weight is 458 g/mol. The third-order valence-electron chi connectivity index (χ3n) is 5.59. The van der Waals surface area contributed by atoms with Crippen molar-refractivity contribution < 1.29 is 14.3 Å². The lowest BCUT2D eigenvalue weighted by Gasteiger charge is -2.34. The van der Waals surface area contributed by atoms with E-state index in [2.05, 4.69) is 22.0 Å². The number of amides is 1. The molecule has 1 heterocycles. The largest absolute Gasteiger partial charge is 0.423 e. The predicted molar refractivity (Wildman–Crippen MR) is 131 cm³/mol. The van der Waals surface area contributed by atoms with Gasteiger partial charge in [0, 0.05) is 38.3 Å². The van der Waals surface area contributed by atoms with Crippen LogP contribution in [0.2, 0.25) is 0 Å². The summed E-state index contributed by atoms with van der Waals surface area (Å²) in [5.41, 5.74) is 13.3. The lowest BCUT2D eigenvalue weighted by Crippen LogP contribution is -2.48. The number of hydrogen-bond acceptors (Lipinski definition) is 5. The lowest BCUT2D eigenvalue weighted by molar-refractivity contribution is 0.0628. The molecule has 174 valence electrons. The van der Waals surface area contributed by atoms with Gasteiger partial charge in [0.15, 0.2) is 5.96 Å². The van der Waals surface area contributed by atoms with E-state index in [1.54, 1.807) is 48.5 Å². The Balaban J connectivity index is 1.34. The topological polar surface area (TPSA) is 114 Å². The van der Waals surface area contributed by atoms with Gasteiger partial charge < -0.3 is 21.1 Å². The number of rotatable bonds is 6. The zero-order chi connectivity index (χ0) is 23.9. The first-order valence-electron chi connectivity index (χ1n) is 11.1. The molecule has 3 aromatic carbocycles. The Hall–Kier alpha value is -4.17. The summed E-state index contributed by atoms with van der Waals surface area (Å²) in [6, 6.07) is 23.5. The van der Waals surface area contributed by atoms with Crippen LogP contribution < -0.4 is 16.2 Å². The highest BCUT2D eigenvalue weighted by atomic mass is 16.5. The molecule has 0 saturated carbocycles. The molecule has 34 heavy (non-hydrogen) atoms. The standard InChI is InChI=1S/C26H27N5O3/c27-26(28)29-23-9-5-4-8-22(23)25(33)34-21-12-10-20(11-13-21)24(32)31-16-14-30(15-17-31)18-19-6-2-1-3-7-19/h1-13H,14-18H2,(H4,27,28,29). The summed E-state index contributed by atoms with van der Waals surface area (Å²) in [4.78, 5) is 33.7. The van der Waals surface area contributed by atoms with Crippen molar-refractivity contribution in [3.63, 3.8) is 0 Å². The number of ether oxygens (including phenoxy) is 1. The van der Waals surface area contributed by atoms with Crippen molar-refractivity contribution in [2.24, 2.45) is 16.5 Å². The molecular formula is C26H27N5O3. The van der Waals surface area contributed by atoms with Crippen LogP contribution >= 0.6 is 0 Å². The van der Waals surface area contributed by atoms with Gasteiger partial charge in [-0.25, -0.2) is 9.79 Å². The van der Waals surface area contributed by atoms with Crippen LogP contribution in [-0.2, 0) is 6.54 Å². The number of carbonyl (C=O) groups excluding carboxylic acids is 2. The SMILES string of the molecule is NC(N)=Nc1ccccc1C(=O)Oc1ccc(C(=O)N2CCN(Cc3ccccc3)CC2)cc1. The van der Waals surface area contributed by atoms with E-state index in [-0.39, 0.29) is 17.4 Å². The van der Waals surface area contributed by atoms with E-state index >= 15 is 0 Å². The van der Waals surface area contributed by atoms with Crippen molar-refractivity contribution in [3.05, 3.63) is 95.6 Å². The summed E-state index contributed by atoms with van der Waals surface area (Å²) in [6.45, 7) is 3.88. The van der Waals surface area contributed by atoms with Crippen LogP contribution in [0.4, 0.5) is 5.69 Å². The van der Waals surface area contributed by atoms with Crippen LogP contribution in [0.15, 0.2) is 83.9 Å². The average Bonchev–Trinajstić information content (AvgIpc) is 2.85. The van der Waals surface area contributed by atoms with Crippen molar-refractivity contribution in [1.82, 2.24) is 9.80 Å². The lowest BCUT2D eigenvalue weighted by atomic mass is 10.1. The smallest absolute Gasteiger partial charge is 0.345 e. The van der Waals surface area contributed by atoms with E-state index in [9.17, 15) is 9.59 Å². The fraction of sp³-hybridized carbons (Fsp3) is 0.192. The molecule has 1 amide bonds. The van der Waals surface area contributed by atoms with Gasteiger partial charge in [0.1, 0.15) is 5.75 Å². The minimum atomic E-state index is -0.589.